The standard InChI is InChI=1S/C14H20FN/c1-3-16-13(14(2)7-8-14)10-11-5-4-6-12(15)9-11/h4-6,9,13,16H,3,7-8,10H2,1-2H3. The van der Waals surface area contributed by atoms with Crippen LogP contribution in [0.2, 0.25) is 0 Å². The normalized spacial score (nSPS) is 19.4. The number of rotatable bonds is 5. The van der Waals surface area contributed by atoms with E-state index in [-0.39, 0.29) is 5.82 Å². The van der Waals surface area contributed by atoms with Crippen LogP contribution in [-0.4, -0.2) is 12.6 Å². The Morgan fingerprint density at radius 3 is 2.75 bits per heavy atom. The van der Waals surface area contributed by atoms with Gasteiger partial charge in [-0.05, 0) is 48.9 Å². The summed E-state index contributed by atoms with van der Waals surface area (Å²) in [4.78, 5) is 0. The molecule has 1 saturated carbocycles. The van der Waals surface area contributed by atoms with E-state index in [2.05, 4.69) is 19.2 Å². The highest BCUT2D eigenvalue weighted by atomic mass is 19.1. The van der Waals surface area contributed by atoms with Crippen molar-refractivity contribution in [3.8, 4) is 0 Å². The minimum atomic E-state index is -0.131. The summed E-state index contributed by atoms with van der Waals surface area (Å²) in [7, 11) is 0. The van der Waals surface area contributed by atoms with Gasteiger partial charge in [0, 0.05) is 6.04 Å². The van der Waals surface area contributed by atoms with Crippen LogP contribution in [0.1, 0.15) is 32.3 Å². The molecule has 0 heterocycles. The Kier molecular flexibility index (Phi) is 3.29. The van der Waals surface area contributed by atoms with Crippen LogP contribution in [0, 0.1) is 11.2 Å². The fraction of sp³-hybridized carbons (Fsp3) is 0.571. The van der Waals surface area contributed by atoms with E-state index in [9.17, 15) is 4.39 Å². The molecule has 0 spiro atoms. The molecular weight excluding hydrogens is 201 g/mol. The molecular formula is C14H20FN. The molecule has 1 aliphatic rings. The smallest absolute Gasteiger partial charge is 0.123 e. The van der Waals surface area contributed by atoms with E-state index in [0.717, 1.165) is 18.5 Å². The molecule has 1 atom stereocenters. The molecule has 0 amide bonds. The van der Waals surface area contributed by atoms with Gasteiger partial charge in [0.05, 0.1) is 0 Å². The molecule has 2 rings (SSSR count). The molecule has 1 N–H and O–H groups in total. The second-order valence-electron chi connectivity index (χ2n) is 5.10. The maximum absolute atomic E-state index is 13.1. The third-order valence-corrected chi connectivity index (χ3v) is 3.66. The Morgan fingerprint density at radius 2 is 2.19 bits per heavy atom. The van der Waals surface area contributed by atoms with Gasteiger partial charge in [0.1, 0.15) is 5.82 Å². The van der Waals surface area contributed by atoms with Crippen LogP contribution in [0.4, 0.5) is 4.39 Å². The van der Waals surface area contributed by atoms with Gasteiger partial charge >= 0.3 is 0 Å². The lowest BCUT2D eigenvalue weighted by atomic mass is 9.92. The Bertz CT molecular complexity index is 358. The number of hydrogen-bond acceptors (Lipinski definition) is 1. The molecule has 1 aromatic carbocycles. The monoisotopic (exact) mass is 221 g/mol. The molecule has 0 saturated heterocycles. The summed E-state index contributed by atoms with van der Waals surface area (Å²) < 4.78 is 13.1. The maximum Gasteiger partial charge on any atom is 0.123 e. The lowest BCUT2D eigenvalue weighted by Gasteiger charge is -2.24. The van der Waals surface area contributed by atoms with Gasteiger partial charge in [0.15, 0.2) is 0 Å². The van der Waals surface area contributed by atoms with Gasteiger partial charge in [-0.15, -0.1) is 0 Å². The first kappa shape index (κ1) is 11.6. The second-order valence-corrected chi connectivity index (χ2v) is 5.10. The van der Waals surface area contributed by atoms with Crippen molar-refractivity contribution >= 4 is 0 Å². The van der Waals surface area contributed by atoms with Crippen molar-refractivity contribution in [1.29, 1.82) is 0 Å². The summed E-state index contributed by atoms with van der Waals surface area (Å²) in [5, 5.41) is 3.53. The predicted molar refractivity (Wildman–Crippen MR) is 64.9 cm³/mol. The van der Waals surface area contributed by atoms with Crippen molar-refractivity contribution < 1.29 is 4.39 Å². The van der Waals surface area contributed by atoms with Crippen molar-refractivity contribution in [3.05, 3.63) is 35.6 Å². The SMILES string of the molecule is CCNC(Cc1cccc(F)c1)C1(C)CC1. The maximum atomic E-state index is 13.1. The number of nitrogens with one attached hydrogen (secondary N) is 1. The first-order valence-electron chi connectivity index (χ1n) is 6.12. The summed E-state index contributed by atoms with van der Waals surface area (Å²) in [5.41, 5.74) is 1.53. The Labute approximate surface area is 97.1 Å². The predicted octanol–water partition coefficient (Wildman–Crippen LogP) is 3.15. The fourth-order valence-electron chi connectivity index (χ4n) is 2.26. The molecule has 16 heavy (non-hydrogen) atoms. The van der Waals surface area contributed by atoms with Gasteiger partial charge in [-0.1, -0.05) is 26.0 Å². The lowest BCUT2D eigenvalue weighted by Crippen LogP contribution is -2.38. The van der Waals surface area contributed by atoms with Crippen molar-refractivity contribution in [3.63, 3.8) is 0 Å². The third kappa shape index (κ3) is 2.62. The highest BCUT2D eigenvalue weighted by molar-refractivity contribution is 5.19. The van der Waals surface area contributed by atoms with Crippen molar-refractivity contribution in [2.75, 3.05) is 6.54 Å². The number of likely N-dealkylation sites (N-methyl/N-ethyl adjacent to an activating group) is 1. The molecule has 88 valence electrons. The summed E-state index contributed by atoms with van der Waals surface area (Å²) in [6, 6.07) is 7.45. The minimum Gasteiger partial charge on any atom is -0.313 e. The largest absolute Gasteiger partial charge is 0.313 e. The zero-order valence-corrected chi connectivity index (χ0v) is 10.1. The highest BCUT2D eigenvalue weighted by Crippen LogP contribution is 2.48. The molecule has 0 aliphatic heterocycles. The molecule has 2 heteroatoms. The van der Waals surface area contributed by atoms with Crippen molar-refractivity contribution in [1.82, 2.24) is 5.32 Å². The van der Waals surface area contributed by atoms with Gasteiger partial charge in [0.25, 0.3) is 0 Å². The topological polar surface area (TPSA) is 12.0 Å². The van der Waals surface area contributed by atoms with E-state index < -0.39 is 0 Å². The van der Waals surface area contributed by atoms with Gasteiger partial charge in [0.2, 0.25) is 0 Å². The molecule has 1 aromatic rings. The van der Waals surface area contributed by atoms with Crippen molar-refractivity contribution in [2.45, 2.75) is 39.2 Å². The van der Waals surface area contributed by atoms with Crippen LogP contribution < -0.4 is 5.32 Å². The quantitative estimate of drug-likeness (QED) is 0.805. The summed E-state index contributed by atoms with van der Waals surface area (Å²) >= 11 is 0. The number of benzene rings is 1. The van der Waals surface area contributed by atoms with E-state index >= 15 is 0 Å². The number of halogens is 1. The Hall–Kier alpha value is -0.890. The molecule has 0 bridgehead atoms. The van der Waals surface area contributed by atoms with Crippen LogP contribution in [0.15, 0.2) is 24.3 Å². The van der Waals surface area contributed by atoms with E-state index in [0.29, 0.717) is 11.5 Å². The molecule has 1 fully saturated rings. The van der Waals surface area contributed by atoms with Crippen LogP contribution in [0.3, 0.4) is 0 Å². The minimum absolute atomic E-state index is 0.131. The third-order valence-electron chi connectivity index (χ3n) is 3.66. The molecule has 1 nitrogen and oxygen atoms in total. The summed E-state index contributed by atoms with van der Waals surface area (Å²) in [6.07, 6.45) is 3.52. The van der Waals surface area contributed by atoms with E-state index in [1.165, 1.54) is 18.9 Å². The van der Waals surface area contributed by atoms with Gasteiger partial charge < -0.3 is 5.32 Å². The van der Waals surface area contributed by atoms with Crippen LogP contribution in [0.5, 0.6) is 0 Å². The first-order valence-corrected chi connectivity index (χ1v) is 6.12. The highest BCUT2D eigenvalue weighted by Gasteiger charge is 2.44. The summed E-state index contributed by atoms with van der Waals surface area (Å²) in [6.45, 7) is 5.43. The first-order chi connectivity index (χ1) is 7.64. The Morgan fingerprint density at radius 1 is 1.44 bits per heavy atom. The zero-order chi connectivity index (χ0) is 11.6. The van der Waals surface area contributed by atoms with Crippen LogP contribution in [-0.2, 0) is 6.42 Å². The average molecular weight is 221 g/mol. The van der Waals surface area contributed by atoms with E-state index in [1.807, 2.05) is 6.07 Å². The molecule has 0 radical (unpaired) electrons. The summed E-state index contributed by atoms with van der Waals surface area (Å²) in [5.74, 6) is -0.131. The van der Waals surface area contributed by atoms with Crippen molar-refractivity contribution in [2.24, 2.45) is 5.41 Å². The van der Waals surface area contributed by atoms with E-state index in [1.54, 1.807) is 12.1 Å². The lowest BCUT2D eigenvalue weighted by molar-refractivity contribution is 0.360. The van der Waals surface area contributed by atoms with Gasteiger partial charge in [-0.2, -0.15) is 0 Å². The molecule has 1 aliphatic carbocycles. The Balaban J connectivity index is 2.05. The zero-order valence-electron chi connectivity index (χ0n) is 10.1. The molecule has 1 unspecified atom stereocenters. The van der Waals surface area contributed by atoms with Gasteiger partial charge in [-0.3, -0.25) is 0 Å². The second kappa shape index (κ2) is 4.54. The fourth-order valence-corrected chi connectivity index (χ4v) is 2.26. The van der Waals surface area contributed by atoms with Crippen LogP contribution in [0.25, 0.3) is 0 Å². The van der Waals surface area contributed by atoms with Gasteiger partial charge in [-0.25, -0.2) is 4.39 Å². The van der Waals surface area contributed by atoms with Crippen LogP contribution >= 0.6 is 0 Å². The molecule has 0 aromatic heterocycles. The average Bonchev–Trinajstić information content (AvgIpc) is 2.97. The number of hydrogen-bond donors (Lipinski definition) is 1. The van der Waals surface area contributed by atoms with E-state index in [4.69, 9.17) is 0 Å².